The van der Waals surface area contributed by atoms with Gasteiger partial charge in [0, 0.05) is 5.39 Å². The number of hydrogen-bond acceptors (Lipinski definition) is 6. The number of ether oxygens (including phenoxy) is 1. The number of anilines is 1. The number of nitrogens with zero attached hydrogens (tertiary/aromatic N) is 2. The highest BCUT2D eigenvalue weighted by atomic mass is 32.1. The lowest BCUT2D eigenvalue weighted by Gasteiger charge is -2.00. The van der Waals surface area contributed by atoms with Crippen LogP contribution in [0.4, 0.5) is 9.52 Å². The fourth-order valence-corrected chi connectivity index (χ4v) is 3.67. The number of nitrogens with one attached hydrogen (secondary N) is 2. The van der Waals surface area contributed by atoms with Gasteiger partial charge in [-0.05, 0) is 23.8 Å². The number of fused-ring (bicyclic) bond motifs is 1. The van der Waals surface area contributed by atoms with E-state index in [1.807, 2.05) is 6.07 Å². The Morgan fingerprint density at radius 1 is 1.14 bits per heavy atom. The Morgan fingerprint density at radius 3 is 2.75 bits per heavy atom. The zero-order valence-corrected chi connectivity index (χ0v) is 15.3. The highest BCUT2D eigenvalue weighted by molar-refractivity contribution is 7.19. The molecule has 0 fully saturated rings. The summed E-state index contributed by atoms with van der Waals surface area (Å²) in [5, 5.41) is 10.3. The molecule has 7 nitrogen and oxygen atoms in total. The van der Waals surface area contributed by atoms with Crippen molar-refractivity contribution in [3.05, 3.63) is 65.7 Å². The topological polar surface area (TPSA) is 97.0 Å². The molecule has 1 amide bonds. The summed E-state index contributed by atoms with van der Waals surface area (Å²) in [6, 6.07) is 13.0. The lowest BCUT2D eigenvalue weighted by molar-refractivity contribution is 0.0595. The summed E-state index contributed by atoms with van der Waals surface area (Å²) in [6.45, 7) is 0. The van der Waals surface area contributed by atoms with Crippen LogP contribution in [0.15, 0.2) is 48.5 Å². The molecule has 0 aliphatic rings. The molecular weight excluding hydrogens is 383 g/mol. The molecule has 0 aliphatic carbocycles. The van der Waals surface area contributed by atoms with Gasteiger partial charge < -0.3 is 4.74 Å². The monoisotopic (exact) mass is 396 g/mol. The first-order valence-electron chi connectivity index (χ1n) is 8.16. The highest BCUT2D eigenvalue weighted by Gasteiger charge is 2.23. The third kappa shape index (κ3) is 3.23. The molecule has 140 valence electrons. The van der Waals surface area contributed by atoms with Gasteiger partial charge in [0.05, 0.1) is 17.5 Å². The molecule has 4 rings (SSSR count). The van der Waals surface area contributed by atoms with Crippen LogP contribution < -0.4 is 5.32 Å². The summed E-state index contributed by atoms with van der Waals surface area (Å²) in [6.07, 6.45) is 0. The van der Waals surface area contributed by atoms with E-state index in [-0.39, 0.29) is 16.5 Å². The SMILES string of the molecule is COC(=O)c1nc(NC(=O)c2n[nH]c3ccccc23)sc1-c1cccc(F)c1. The van der Waals surface area contributed by atoms with Crippen LogP contribution in [0.1, 0.15) is 21.0 Å². The summed E-state index contributed by atoms with van der Waals surface area (Å²) in [4.78, 5) is 29.3. The first kappa shape index (κ1) is 17.8. The van der Waals surface area contributed by atoms with Gasteiger partial charge in [0.2, 0.25) is 0 Å². The number of hydrogen-bond donors (Lipinski definition) is 2. The number of para-hydroxylation sites is 1. The van der Waals surface area contributed by atoms with Gasteiger partial charge in [0.15, 0.2) is 16.5 Å². The predicted octanol–water partition coefficient (Wildman–Crippen LogP) is 3.86. The molecule has 0 aliphatic heterocycles. The molecule has 0 radical (unpaired) electrons. The van der Waals surface area contributed by atoms with E-state index in [0.29, 0.717) is 15.8 Å². The van der Waals surface area contributed by atoms with Gasteiger partial charge in [-0.25, -0.2) is 14.2 Å². The Labute approximate surface area is 162 Å². The van der Waals surface area contributed by atoms with Gasteiger partial charge in [-0.1, -0.05) is 41.7 Å². The Bertz CT molecular complexity index is 1200. The summed E-state index contributed by atoms with van der Waals surface area (Å²) in [5.74, 6) is -1.61. The minimum absolute atomic E-state index is 0.000265. The van der Waals surface area contributed by atoms with Crippen molar-refractivity contribution in [2.24, 2.45) is 0 Å². The smallest absolute Gasteiger partial charge is 0.358 e. The zero-order chi connectivity index (χ0) is 19.7. The number of esters is 1. The standard InChI is InChI=1S/C19H13FN4O3S/c1-27-18(26)15-16(10-5-4-6-11(20)9-10)28-19(21-15)22-17(25)14-12-7-2-3-8-13(12)23-24-14/h2-9H,1H3,(H,23,24)(H,21,22,25). The second-order valence-corrected chi connectivity index (χ2v) is 6.77. The number of aromatic amines is 1. The number of benzene rings is 2. The maximum atomic E-state index is 13.6. The fourth-order valence-electron chi connectivity index (χ4n) is 2.73. The van der Waals surface area contributed by atoms with Crippen molar-refractivity contribution in [1.29, 1.82) is 0 Å². The van der Waals surface area contributed by atoms with Crippen molar-refractivity contribution in [3.63, 3.8) is 0 Å². The average Bonchev–Trinajstić information content (AvgIpc) is 3.31. The number of halogens is 1. The third-order valence-corrected chi connectivity index (χ3v) is 5.02. The van der Waals surface area contributed by atoms with Gasteiger partial charge in [-0.2, -0.15) is 5.10 Å². The summed E-state index contributed by atoms with van der Waals surface area (Å²) in [5.41, 5.74) is 1.39. The summed E-state index contributed by atoms with van der Waals surface area (Å²) in [7, 11) is 1.23. The molecule has 2 aromatic heterocycles. The molecule has 0 saturated heterocycles. The molecule has 0 atom stereocenters. The third-order valence-electron chi connectivity index (χ3n) is 4.00. The van der Waals surface area contributed by atoms with E-state index in [1.165, 1.54) is 25.3 Å². The second-order valence-electron chi connectivity index (χ2n) is 5.77. The molecule has 0 unspecified atom stereocenters. The fraction of sp³-hybridized carbons (Fsp3) is 0.0526. The van der Waals surface area contributed by atoms with Crippen molar-refractivity contribution >= 4 is 39.2 Å². The number of methoxy groups -OCH3 is 1. The van der Waals surface area contributed by atoms with Crippen molar-refractivity contribution in [3.8, 4) is 10.4 Å². The van der Waals surface area contributed by atoms with E-state index in [0.717, 1.165) is 16.9 Å². The first-order valence-corrected chi connectivity index (χ1v) is 8.98. The van der Waals surface area contributed by atoms with E-state index < -0.39 is 17.7 Å². The van der Waals surface area contributed by atoms with Crippen molar-refractivity contribution < 1.29 is 18.7 Å². The quantitative estimate of drug-likeness (QED) is 0.511. The van der Waals surface area contributed by atoms with Gasteiger partial charge >= 0.3 is 5.97 Å². The van der Waals surface area contributed by atoms with Crippen LogP contribution in [0.2, 0.25) is 0 Å². The first-order chi connectivity index (χ1) is 13.6. The molecule has 2 N–H and O–H groups in total. The van der Waals surface area contributed by atoms with E-state index >= 15 is 0 Å². The van der Waals surface area contributed by atoms with Crippen LogP contribution >= 0.6 is 11.3 Å². The number of carbonyl (C=O) groups excluding carboxylic acids is 2. The number of rotatable bonds is 4. The van der Waals surface area contributed by atoms with Gasteiger partial charge in [-0.3, -0.25) is 15.2 Å². The van der Waals surface area contributed by atoms with Crippen LogP contribution in [-0.4, -0.2) is 34.2 Å². The Kier molecular flexibility index (Phi) is 4.58. The number of thiazole rings is 1. The van der Waals surface area contributed by atoms with E-state index in [1.54, 1.807) is 24.3 Å². The minimum Gasteiger partial charge on any atom is -0.464 e. The van der Waals surface area contributed by atoms with Crippen LogP contribution in [-0.2, 0) is 4.74 Å². The van der Waals surface area contributed by atoms with Crippen LogP contribution in [0.3, 0.4) is 0 Å². The number of H-pyrrole nitrogens is 1. The number of amides is 1. The molecule has 0 spiro atoms. The normalized spacial score (nSPS) is 10.8. The van der Waals surface area contributed by atoms with Crippen molar-refractivity contribution in [2.45, 2.75) is 0 Å². The maximum absolute atomic E-state index is 13.6. The Morgan fingerprint density at radius 2 is 1.96 bits per heavy atom. The maximum Gasteiger partial charge on any atom is 0.358 e. The van der Waals surface area contributed by atoms with E-state index in [4.69, 9.17) is 4.74 Å². The molecule has 4 aromatic rings. The van der Waals surface area contributed by atoms with Crippen LogP contribution in [0.25, 0.3) is 21.3 Å². The highest BCUT2D eigenvalue weighted by Crippen LogP contribution is 2.34. The lowest BCUT2D eigenvalue weighted by Crippen LogP contribution is -2.13. The molecule has 2 aromatic carbocycles. The van der Waals surface area contributed by atoms with Crippen molar-refractivity contribution in [2.75, 3.05) is 12.4 Å². The number of carbonyl (C=O) groups is 2. The summed E-state index contributed by atoms with van der Waals surface area (Å²) >= 11 is 1.05. The molecule has 0 bridgehead atoms. The molecule has 9 heteroatoms. The minimum atomic E-state index is -0.679. The van der Waals surface area contributed by atoms with E-state index in [2.05, 4.69) is 20.5 Å². The second kappa shape index (κ2) is 7.20. The molecule has 28 heavy (non-hydrogen) atoms. The predicted molar refractivity (Wildman–Crippen MR) is 103 cm³/mol. The molecule has 2 heterocycles. The lowest BCUT2D eigenvalue weighted by atomic mass is 10.1. The summed E-state index contributed by atoms with van der Waals surface area (Å²) < 4.78 is 18.4. The number of aromatic nitrogens is 3. The zero-order valence-electron chi connectivity index (χ0n) is 14.5. The van der Waals surface area contributed by atoms with Gasteiger partial charge in [0.25, 0.3) is 5.91 Å². The van der Waals surface area contributed by atoms with Crippen molar-refractivity contribution in [1.82, 2.24) is 15.2 Å². The average molecular weight is 396 g/mol. The molecular formula is C19H13FN4O3S. The van der Waals surface area contributed by atoms with Crippen LogP contribution in [0.5, 0.6) is 0 Å². The van der Waals surface area contributed by atoms with Crippen LogP contribution in [0, 0.1) is 5.82 Å². The largest absolute Gasteiger partial charge is 0.464 e. The Balaban J connectivity index is 1.70. The van der Waals surface area contributed by atoms with E-state index in [9.17, 15) is 14.0 Å². The molecule has 0 saturated carbocycles. The Hall–Kier alpha value is -3.59. The van der Waals surface area contributed by atoms with Gasteiger partial charge in [-0.15, -0.1) is 0 Å². The van der Waals surface area contributed by atoms with Gasteiger partial charge in [0.1, 0.15) is 5.82 Å².